The molecule has 6 amide bonds. The van der Waals surface area contributed by atoms with Crippen LogP contribution in [0.15, 0.2) is 24.3 Å². The smallest absolute Gasteiger partial charge is 0.305 e. The minimum absolute atomic E-state index is 0.0109. The molecular weight excluding hydrogens is 847 g/mol. The van der Waals surface area contributed by atoms with Crippen LogP contribution in [0.4, 0.5) is 0 Å². The molecule has 16 N–H and O–H groups in total. The average molecular weight is 922 g/mol. The molecule has 21 nitrogen and oxygen atoms in total. The predicted octanol–water partition coefficient (Wildman–Crippen LogP) is -0.367. The molecule has 0 spiro atoms. The van der Waals surface area contributed by atoms with Gasteiger partial charge in [0.05, 0.1) is 25.5 Å². The molecule has 368 valence electrons. The van der Waals surface area contributed by atoms with E-state index in [1.807, 2.05) is 13.8 Å². The first-order chi connectivity index (χ1) is 30.6. The van der Waals surface area contributed by atoms with Crippen molar-refractivity contribution in [3.8, 4) is 5.75 Å². The molecule has 6 atom stereocenters. The molecular formula is C44H75N9O12. The van der Waals surface area contributed by atoms with E-state index in [-0.39, 0.29) is 67.9 Å². The number of aromatic hydroxyl groups is 1. The van der Waals surface area contributed by atoms with Crippen LogP contribution >= 0.6 is 0 Å². The second kappa shape index (κ2) is 31.5. The van der Waals surface area contributed by atoms with E-state index in [4.69, 9.17) is 27.4 Å². The van der Waals surface area contributed by atoms with Crippen LogP contribution in [0.1, 0.15) is 117 Å². The van der Waals surface area contributed by atoms with Crippen LogP contribution in [0.25, 0.3) is 0 Å². The summed E-state index contributed by atoms with van der Waals surface area (Å²) in [6, 6.07) is 1.32. The van der Waals surface area contributed by atoms with E-state index in [0.717, 1.165) is 5.56 Å². The molecule has 0 bridgehead atoms. The zero-order valence-corrected chi connectivity index (χ0v) is 38.3. The fraction of sp³-hybridized carbons (Fsp3) is 0.682. The topological polar surface area (TPSA) is 368 Å². The quantitative estimate of drug-likeness (QED) is 0.0393. The molecule has 0 saturated carbocycles. The minimum Gasteiger partial charge on any atom is -0.508 e. The molecule has 1 aromatic carbocycles. The lowest BCUT2D eigenvalue weighted by Crippen LogP contribution is -2.49. The molecule has 0 aliphatic carbocycles. The maximum atomic E-state index is 13.4. The molecule has 0 heterocycles. The van der Waals surface area contributed by atoms with Gasteiger partial charge >= 0.3 is 11.9 Å². The van der Waals surface area contributed by atoms with Crippen LogP contribution in [0.3, 0.4) is 0 Å². The van der Waals surface area contributed by atoms with Crippen molar-refractivity contribution in [2.24, 2.45) is 29.0 Å². The lowest BCUT2D eigenvalue weighted by Gasteiger charge is -2.26. The van der Waals surface area contributed by atoms with E-state index in [9.17, 15) is 48.6 Å². The van der Waals surface area contributed by atoms with Crippen molar-refractivity contribution in [1.82, 2.24) is 31.9 Å². The molecule has 0 aliphatic heterocycles. The summed E-state index contributed by atoms with van der Waals surface area (Å²) in [6.07, 6.45) is 0.779. The number of phenolic OH excluding ortho intramolecular Hbond substituents is 1. The summed E-state index contributed by atoms with van der Waals surface area (Å²) in [6.45, 7) is 7.28. The maximum Gasteiger partial charge on any atom is 0.305 e. The fourth-order valence-electron chi connectivity index (χ4n) is 7.01. The van der Waals surface area contributed by atoms with Gasteiger partial charge in [-0.15, -0.1) is 0 Å². The summed E-state index contributed by atoms with van der Waals surface area (Å²) in [5.74, 6) is -5.87. The number of hydrogen-bond acceptors (Lipinski definition) is 13. The van der Waals surface area contributed by atoms with Crippen molar-refractivity contribution in [2.75, 3.05) is 19.7 Å². The number of benzene rings is 1. The number of aliphatic carboxylic acids is 2. The lowest BCUT2D eigenvalue weighted by molar-refractivity contribution is -0.140. The van der Waals surface area contributed by atoms with Gasteiger partial charge < -0.3 is 69.5 Å². The largest absolute Gasteiger partial charge is 0.508 e. The van der Waals surface area contributed by atoms with Crippen molar-refractivity contribution < 1.29 is 58.8 Å². The lowest BCUT2D eigenvalue weighted by atomic mass is 9.98. The number of unbranched alkanes of at least 4 members (excludes halogenated alkanes) is 1. The van der Waals surface area contributed by atoms with E-state index >= 15 is 0 Å². The van der Waals surface area contributed by atoms with E-state index in [1.54, 1.807) is 38.1 Å². The molecule has 1 rings (SSSR count). The monoisotopic (exact) mass is 922 g/mol. The Morgan fingerprint density at radius 3 is 1.32 bits per heavy atom. The molecule has 65 heavy (non-hydrogen) atoms. The van der Waals surface area contributed by atoms with Gasteiger partial charge in [-0.25, -0.2) is 0 Å². The van der Waals surface area contributed by atoms with Gasteiger partial charge in [0.2, 0.25) is 35.4 Å². The third-order valence-electron chi connectivity index (χ3n) is 10.6. The SMILES string of the molecule is CC(C)[C@@H](CC(=O)NC(CC(=O)O)CC(=O)O)NC(=O)C[C@H](CO)NC(=O)C[C@H](CCCCN)NC(=O)C[C@@H](NC(=O)C[C@H](CCCN)NC(=O)C[C@@H](N)Cc1ccc(O)cc1)C(C)C. The number of rotatable bonds is 34. The number of nitrogens with two attached hydrogens (primary N) is 3. The van der Waals surface area contributed by atoms with Gasteiger partial charge in [0.1, 0.15) is 5.75 Å². The van der Waals surface area contributed by atoms with Crippen LogP contribution in [0.5, 0.6) is 5.75 Å². The first kappa shape index (κ1) is 57.6. The van der Waals surface area contributed by atoms with Crippen LogP contribution < -0.4 is 49.1 Å². The molecule has 0 saturated heterocycles. The number of carboxylic acids is 2. The predicted molar refractivity (Wildman–Crippen MR) is 242 cm³/mol. The highest BCUT2D eigenvalue weighted by atomic mass is 16.4. The van der Waals surface area contributed by atoms with Gasteiger partial charge in [0.25, 0.3) is 0 Å². The summed E-state index contributed by atoms with van der Waals surface area (Å²) in [5.41, 5.74) is 18.5. The van der Waals surface area contributed by atoms with Crippen molar-refractivity contribution in [2.45, 2.75) is 160 Å². The zero-order valence-electron chi connectivity index (χ0n) is 38.3. The summed E-state index contributed by atoms with van der Waals surface area (Å²) in [4.78, 5) is 101. The normalized spacial score (nSPS) is 14.1. The number of hydrogen-bond donors (Lipinski definition) is 13. The number of carboxylic acid groups (broad SMARTS) is 2. The fourth-order valence-corrected chi connectivity index (χ4v) is 7.01. The number of aliphatic hydroxyl groups excluding tert-OH is 1. The van der Waals surface area contributed by atoms with Gasteiger partial charge in [-0.05, 0) is 74.7 Å². The first-order valence-electron chi connectivity index (χ1n) is 22.4. The van der Waals surface area contributed by atoms with Crippen molar-refractivity contribution >= 4 is 47.4 Å². The van der Waals surface area contributed by atoms with Crippen LogP contribution in [-0.4, -0.2) is 130 Å². The molecule has 0 aromatic heterocycles. The van der Waals surface area contributed by atoms with Crippen LogP contribution in [-0.2, 0) is 44.8 Å². The Hall–Kier alpha value is -5.38. The Labute approximate surface area is 381 Å². The summed E-state index contributed by atoms with van der Waals surface area (Å²) < 4.78 is 0. The number of amides is 6. The Morgan fingerprint density at radius 2 is 0.892 bits per heavy atom. The first-order valence-corrected chi connectivity index (χ1v) is 22.4. The van der Waals surface area contributed by atoms with E-state index < -0.39 is 97.3 Å². The highest BCUT2D eigenvalue weighted by Gasteiger charge is 2.28. The molecule has 1 aromatic rings. The van der Waals surface area contributed by atoms with Gasteiger partial charge in [-0.3, -0.25) is 38.4 Å². The summed E-state index contributed by atoms with van der Waals surface area (Å²) >= 11 is 0. The van der Waals surface area contributed by atoms with Gasteiger partial charge in [-0.1, -0.05) is 46.2 Å². The number of nitrogens with one attached hydrogen (secondary N) is 6. The van der Waals surface area contributed by atoms with E-state index in [1.165, 1.54) is 0 Å². The van der Waals surface area contributed by atoms with Crippen LogP contribution in [0.2, 0.25) is 0 Å². The number of carbonyl (C=O) groups excluding carboxylic acids is 6. The molecule has 0 radical (unpaired) electrons. The molecule has 0 unspecified atom stereocenters. The molecule has 21 heteroatoms. The Bertz CT molecular complexity index is 1650. The van der Waals surface area contributed by atoms with Crippen LogP contribution in [0, 0.1) is 11.8 Å². The summed E-state index contributed by atoms with van der Waals surface area (Å²) in [5, 5.41) is 54.2. The van der Waals surface area contributed by atoms with E-state index in [0.29, 0.717) is 51.6 Å². The van der Waals surface area contributed by atoms with Crippen molar-refractivity contribution in [1.29, 1.82) is 0 Å². The Morgan fingerprint density at radius 1 is 0.508 bits per heavy atom. The Kier molecular flexibility index (Phi) is 27.9. The third kappa shape index (κ3) is 26.9. The van der Waals surface area contributed by atoms with Gasteiger partial charge in [-0.2, -0.15) is 0 Å². The number of carbonyl (C=O) groups is 8. The van der Waals surface area contributed by atoms with Crippen molar-refractivity contribution in [3.05, 3.63) is 29.8 Å². The minimum atomic E-state index is -1.29. The number of phenols is 1. The highest BCUT2D eigenvalue weighted by Crippen LogP contribution is 2.14. The standard InChI is InChI=1S/C44H75N9O12/c1-26(2)35(52-39(58)19-31(9-7-15-46)48-37(56)17-29(47)16-28-10-12-34(55)13-11-28)23-41(60)49-30(8-5-6-14-45)18-38(57)51-33(25-54)20-40(59)53-36(27(3)4)24-42(61)50-32(21-43(62)63)22-44(64)65/h10-13,26-27,29-33,35-36,54-55H,5-9,14-25,45-47H2,1-4H3,(H,48,56)(H,49,60)(H,50,61)(H,51,57)(H,52,58)(H,53,59)(H,62,63)(H,64,65)/t29-,30-,31-,33+,35+,36+/m0/s1. The summed E-state index contributed by atoms with van der Waals surface area (Å²) in [7, 11) is 0. The van der Waals surface area contributed by atoms with E-state index in [2.05, 4.69) is 31.9 Å². The van der Waals surface area contributed by atoms with Gasteiger partial charge in [0.15, 0.2) is 0 Å². The molecule has 0 aliphatic rings. The van der Waals surface area contributed by atoms with Gasteiger partial charge in [0, 0.05) is 74.8 Å². The highest BCUT2D eigenvalue weighted by molar-refractivity contribution is 5.84. The second-order valence-electron chi connectivity index (χ2n) is 17.3. The third-order valence-corrected chi connectivity index (χ3v) is 10.6. The maximum absolute atomic E-state index is 13.4. The second-order valence-corrected chi connectivity index (χ2v) is 17.3. The van der Waals surface area contributed by atoms with Crippen molar-refractivity contribution in [3.63, 3.8) is 0 Å². The number of aliphatic hydroxyl groups is 1. The zero-order chi connectivity index (χ0) is 49.1. The Balaban J connectivity index is 2.87. The average Bonchev–Trinajstić information content (AvgIpc) is 3.19. The molecule has 0 fully saturated rings.